The van der Waals surface area contributed by atoms with E-state index >= 15 is 0 Å². The Morgan fingerprint density at radius 2 is 1.10 bits per heavy atom. The average molecular weight is 752 g/mol. The number of quaternary nitrogens is 1. The molecule has 0 aromatic carbocycles. The molecule has 52 heavy (non-hydrogen) atoms. The van der Waals surface area contributed by atoms with Gasteiger partial charge in [0.05, 0.1) is 39.9 Å². The Morgan fingerprint density at radius 3 is 1.65 bits per heavy atom. The summed E-state index contributed by atoms with van der Waals surface area (Å²) in [6.07, 6.45) is 44.1. The van der Waals surface area contributed by atoms with Gasteiger partial charge in [0.25, 0.3) is 0 Å². The molecule has 0 saturated heterocycles. The van der Waals surface area contributed by atoms with Crippen molar-refractivity contribution < 1.29 is 32.9 Å². The fraction of sp³-hybridized carbons (Fsp3) is 0.744. The molecule has 9 heteroatoms. The maximum Gasteiger partial charge on any atom is 0.472 e. The molecule has 0 rings (SSSR count). The minimum atomic E-state index is -4.33. The van der Waals surface area contributed by atoms with Gasteiger partial charge in [-0.25, -0.2) is 4.57 Å². The molecule has 3 N–H and O–H groups in total. The zero-order valence-electron chi connectivity index (χ0n) is 34.0. The number of carbonyl (C=O) groups is 1. The van der Waals surface area contributed by atoms with Crippen molar-refractivity contribution >= 4 is 13.7 Å². The van der Waals surface area contributed by atoms with Crippen LogP contribution in [-0.4, -0.2) is 73.4 Å². The average Bonchev–Trinajstić information content (AvgIpc) is 3.09. The first kappa shape index (κ1) is 50.2. The summed E-state index contributed by atoms with van der Waals surface area (Å²) in [5.41, 5.74) is 0. The lowest BCUT2D eigenvalue weighted by atomic mass is 10.0. The number of nitrogens with one attached hydrogen (secondary N) is 1. The summed E-state index contributed by atoms with van der Waals surface area (Å²) in [6.45, 7) is 4.74. The Kier molecular flexibility index (Phi) is 33.7. The van der Waals surface area contributed by atoms with Crippen LogP contribution in [0.15, 0.2) is 60.8 Å². The molecule has 0 heterocycles. The molecule has 0 aromatic heterocycles. The van der Waals surface area contributed by atoms with E-state index in [0.29, 0.717) is 30.3 Å². The van der Waals surface area contributed by atoms with Gasteiger partial charge < -0.3 is 19.8 Å². The van der Waals surface area contributed by atoms with Gasteiger partial charge in [0.2, 0.25) is 5.91 Å². The highest BCUT2D eigenvalue weighted by Gasteiger charge is 2.28. The van der Waals surface area contributed by atoms with Crippen LogP contribution in [0, 0.1) is 0 Å². The Labute approximate surface area is 320 Å². The fourth-order valence-electron chi connectivity index (χ4n) is 5.38. The van der Waals surface area contributed by atoms with E-state index in [9.17, 15) is 19.4 Å². The van der Waals surface area contributed by atoms with E-state index in [1.165, 1.54) is 70.6 Å². The first-order chi connectivity index (χ1) is 25.0. The molecule has 0 saturated carbocycles. The summed E-state index contributed by atoms with van der Waals surface area (Å²) in [7, 11) is 1.55. The molecule has 0 aromatic rings. The van der Waals surface area contributed by atoms with Crippen LogP contribution >= 0.6 is 7.82 Å². The number of nitrogens with zero attached hydrogens (tertiary/aromatic N) is 1. The van der Waals surface area contributed by atoms with Crippen LogP contribution in [0.4, 0.5) is 0 Å². The van der Waals surface area contributed by atoms with Crippen molar-refractivity contribution in [2.24, 2.45) is 0 Å². The molecule has 0 radical (unpaired) electrons. The van der Waals surface area contributed by atoms with Gasteiger partial charge in [-0.05, 0) is 77.0 Å². The van der Waals surface area contributed by atoms with Gasteiger partial charge in [-0.2, -0.15) is 0 Å². The third kappa shape index (κ3) is 36.6. The number of phosphoric acid groups is 1. The standard InChI is InChI=1S/C43H79N2O6P/c1-6-8-10-12-14-16-17-18-19-20-21-22-23-24-25-26-27-29-31-33-35-37-43(47)44-41(40-51-52(48,49)50-39-38-45(3,4)5)42(46)36-34-32-30-28-15-13-11-9-7-2/h15,19-20,22-23,25-26,28-29,31,41-42,46H,6-14,16-18,21,24,27,30,32-40H2,1-5H3,(H-,44,47,48,49)/p+1/b20-19+,23-22+,26-25+,28-15+,31-29+/t41-,42+/m0/s1. The van der Waals surface area contributed by atoms with E-state index in [-0.39, 0.29) is 19.1 Å². The van der Waals surface area contributed by atoms with Crippen molar-refractivity contribution in [3.8, 4) is 0 Å². The molecule has 0 bridgehead atoms. The van der Waals surface area contributed by atoms with Gasteiger partial charge in [-0.3, -0.25) is 13.8 Å². The molecule has 302 valence electrons. The molecule has 0 spiro atoms. The number of unbranched alkanes of at least 4 members (excludes halogenated alkanes) is 13. The van der Waals surface area contributed by atoms with E-state index in [1.807, 2.05) is 21.1 Å². The lowest BCUT2D eigenvalue weighted by molar-refractivity contribution is -0.870. The lowest BCUT2D eigenvalue weighted by Crippen LogP contribution is -2.46. The summed E-state index contributed by atoms with van der Waals surface area (Å²) >= 11 is 0. The zero-order valence-corrected chi connectivity index (χ0v) is 34.9. The molecule has 0 aliphatic carbocycles. The predicted octanol–water partition coefficient (Wildman–Crippen LogP) is 11.1. The molecule has 0 fully saturated rings. The van der Waals surface area contributed by atoms with Gasteiger partial charge in [-0.15, -0.1) is 0 Å². The zero-order chi connectivity index (χ0) is 38.6. The van der Waals surface area contributed by atoms with E-state index in [0.717, 1.165) is 51.4 Å². The molecule has 1 amide bonds. The number of aliphatic hydroxyl groups excluding tert-OH is 1. The van der Waals surface area contributed by atoms with E-state index in [2.05, 4.69) is 79.9 Å². The quantitative estimate of drug-likeness (QED) is 0.0255. The highest BCUT2D eigenvalue weighted by Crippen LogP contribution is 2.43. The minimum Gasteiger partial charge on any atom is -0.391 e. The van der Waals surface area contributed by atoms with Gasteiger partial charge in [0, 0.05) is 6.42 Å². The number of aliphatic hydroxyl groups is 1. The summed E-state index contributed by atoms with van der Waals surface area (Å²) in [5.74, 6) is -0.214. The first-order valence-corrected chi connectivity index (χ1v) is 22.1. The maximum atomic E-state index is 12.8. The van der Waals surface area contributed by atoms with Crippen molar-refractivity contribution in [3.05, 3.63) is 60.8 Å². The predicted molar refractivity (Wildman–Crippen MR) is 221 cm³/mol. The molecule has 0 aliphatic heterocycles. The van der Waals surface area contributed by atoms with E-state index in [1.54, 1.807) is 0 Å². The van der Waals surface area contributed by atoms with Crippen molar-refractivity contribution in [2.45, 2.75) is 167 Å². The number of hydrogen-bond donors (Lipinski definition) is 3. The summed E-state index contributed by atoms with van der Waals surface area (Å²) < 4.78 is 23.4. The topological polar surface area (TPSA) is 105 Å². The summed E-state index contributed by atoms with van der Waals surface area (Å²) in [5, 5.41) is 13.8. The second kappa shape index (κ2) is 34.9. The Balaban J connectivity index is 4.46. The number of rotatable bonds is 36. The third-order valence-electron chi connectivity index (χ3n) is 8.74. The number of carbonyl (C=O) groups excluding carboxylic acids is 1. The second-order valence-corrected chi connectivity index (χ2v) is 16.5. The molecule has 3 atom stereocenters. The van der Waals surface area contributed by atoms with Crippen molar-refractivity contribution in [2.75, 3.05) is 40.9 Å². The molecule has 8 nitrogen and oxygen atoms in total. The number of likely N-dealkylation sites (N-methyl/N-ethyl adjacent to an activating group) is 1. The van der Waals surface area contributed by atoms with Gasteiger partial charge >= 0.3 is 7.82 Å². The van der Waals surface area contributed by atoms with Crippen LogP contribution < -0.4 is 5.32 Å². The first-order valence-electron chi connectivity index (χ1n) is 20.7. The Bertz CT molecular complexity index is 1030. The van der Waals surface area contributed by atoms with Crippen molar-refractivity contribution in [3.63, 3.8) is 0 Å². The normalized spacial score (nSPS) is 15.1. The molecule has 0 aliphatic rings. The highest BCUT2D eigenvalue weighted by molar-refractivity contribution is 7.47. The molecule has 1 unspecified atom stereocenters. The smallest absolute Gasteiger partial charge is 0.391 e. The van der Waals surface area contributed by atoms with Crippen LogP contribution in [0.25, 0.3) is 0 Å². The van der Waals surface area contributed by atoms with Crippen molar-refractivity contribution in [1.29, 1.82) is 0 Å². The second-order valence-electron chi connectivity index (χ2n) is 15.0. The Morgan fingerprint density at radius 1 is 0.654 bits per heavy atom. The largest absolute Gasteiger partial charge is 0.472 e. The van der Waals surface area contributed by atoms with E-state index < -0.39 is 20.0 Å². The van der Waals surface area contributed by atoms with Crippen molar-refractivity contribution in [1.82, 2.24) is 5.32 Å². The summed E-state index contributed by atoms with van der Waals surface area (Å²) in [4.78, 5) is 23.0. The third-order valence-corrected chi connectivity index (χ3v) is 9.72. The highest BCUT2D eigenvalue weighted by atomic mass is 31.2. The molecular weight excluding hydrogens is 671 g/mol. The van der Waals surface area contributed by atoms with Crippen LogP contribution in [0.2, 0.25) is 0 Å². The van der Waals surface area contributed by atoms with Crippen LogP contribution in [0.5, 0.6) is 0 Å². The number of allylic oxidation sites excluding steroid dienone is 10. The van der Waals surface area contributed by atoms with Gasteiger partial charge in [0.15, 0.2) is 0 Å². The van der Waals surface area contributed by atoms with Gasteiger partial charge in [0.1, 0.15) is 13.2 Å². The van der Waals surface area contributed by atoms with E-state index in [4.69, 9.17) is 9.05 Å². The SMILES string of the molecule is CCCCC/C=C/CCCC[C@@H](O)[C@H](COP(=O)(O)OCC[N+](C)(C)C)NC(=O)CCC/C=C/C/C=C/C/C=C/C/C=C/CCCCCCCCC. The number of phosphoric ester groups is 1. The summed E-state index contributed by atoms with van der Waals surface area (Å²) in [6, 6.07) is -0.805. The van der Waals surface area contributed by atoms with Crippen LogP contribution in [0.3, 0.4) is 0 Å². The molecular formula is C43H80N2O6P+. The van der Waals surface area contributed by atoms with Crippen LogP contribution in [-0.2, 0) is 18.4 Å². The maximum absolute atomic E-state index is 12.8. The number of amides is 1. The lowest BCUT2D eigenvalue weighted by Gasteiger charge is -2.26. The Hall–Kier alpha value is -1.80. The van der Waals surface area contributed by atoms with Crippen LogP contribution in [0.1, 0.15) is 155 Å². The number of hydrogen-bond acceptors (Lipinski definition) is 5. The minimum absolute atomic E-state index is 0.0560. The van der Waals surface area contributed by atoms with Gasteiger partial charge in [-0.1, -0.05) is 132 Å². The fourth-order valence-corrected chi connectivity index (χ4v) is 6.12. The monoisotopic (exact) mass is 752 g/mol.